The maximum Gasteiger partial charge on any atom is 0.276 e. The molecule has 0 unspecified atom stereocenters. The second-order valence-electron chi connectivity index (χ2n) is 7.25. The zero-order valence-electron chi connectivity index (χ0n) is 16.7. The molecule has 1 fully saturated rings. The topological polar surface area (TPSA) is 38.8 Å². The quantitative estimate of drug-likeness (QED) is 0.234. The third-order valence-corrected chi connectivity index (χ3v) is 6.31. The van der Waals surface area contributed by atoms with Crippen molar-refractivity contribution < 1.29 is 13.8 Å². The van der Waals surface area contributed by atoms with Crippen molar-refractivity contribution in [2.45, 2.75) is 96.8 Å². The Bertz CT molecular complexity index is 337. The maximum absolute atomic E-state index is 12.2. The van der Waals surface area contributed by atoms with Crippen LogP contribution in [0.25, 0.3) is 0 Å². The first-order valence-electron chi connectivity index (χ1n) is 10.7. The average Bonchev–Trinajstić information content (AvgIpc) is 2.61. The number of hydrogen-bond acceptors (Lipinski definition) is 3. The number of amides is 1. The van der Waals surface area contributed by atoms with Crippen molar-refractivity contribution in [3.05, 3.63) is 0 Å². The lowest BCUT2D eigenvalue weighted by Gasteiger charge is -2.26. The molecule has 26 heavy (non-hydrogen) atoms. The summed E-state index contributed by atoms with van der Waals surface area (Å²) >= 11 is 5.84. The first kappa shape index (κ1) is 24.1. The molecule has 0 aromatic carbocycles. The minimum Gasteiger partial charge on any atom is -0.338 e. The van der Waals surface area contributed by atoms with Gasteiger partial charge in [0.25, 0.3) is 7.73 Å². The van der Waals surface area contributed by atoms with Crippen molar-refractivity contribution in [2.24, 2.45) is 0 Å². The molecule has 4 nitrogen and oxygen atoms in total. The summed E-state index contributed by atoms with van der Waals surface area (Å²) in [6.07, 6.45) is 17.9. The van der Waals surface area contributed by atoms with E-state index in [9.17, 15) is 4.79 Å². The molecule has 154 valence electrons. The van der Waals surface area contributed by atoms with E-state index in [4.69, 9.17) is 20.3 Å². The van der Waals surface area contributed by atoms with Crippen molar-refractivity contribution >= 4 is 24.9 Å². The zero-order chi connectivity index (χ0) is 18.9. The number of rotatable bonds is 14. The number of carbonyl (C=O) groups is 1. The maximum atomic E-state index is 12.2. The highest BCUT2D eigenvalue weighted by molar-refractivity contribution is 7.76. The van der Waals surface area contributed by atoms with Gasteiger partial charge in [0.15, 0.2) is 0 Å². The molecule has 1 aliphatic heterocycles. The molecule has 0 atom stereocenters. The largest absolute Gasteiger partial charge is 0.338 e. The molecule has 0 N–H and O–H groups in total. The normalized spacial score (nSPS) is 16.5. The highest BCUT2D eigenvalue weighted by atomic mass is 35.7. The minimum absolute atomic E-state index is 0.223. The Morgan fingerprint density at radius 1 is 0.808 bits per heavy atom. The molecule has 0 saturated carbocycles. The Morgan fingerprint density at radius 3 is 1.69 bits per heavy atom. The van der Waals surface area contributed by atoms with Gasteiger partial charge in [0, 0.05) is 19.5 Å². The molecule has 1 rings (SSSR count). The smallest absolute Gasteiger partial charge is 0.276 e. The van der Waals surface area contributed by atoms with Crippen LogP contribution in [0.15, 0.2) is 0 Å². The van der Waals surface area contributed by atoms with Crippen LogP contribution in [0, 0.1) is 0 Å². The summed E-state index contributed by atoms with van der Waals surface area (Å²) in [5.74, 6) is 0.223. The summed E-state index contributed by atoms with van der Waals surface area (Å²) in [6, 6.07) is 0. The lowest BCUT2D eigenvalue weighted by atomic mass is 10.0. The monoisotopic (exact) mass is 407 g/mol. The van der Waals surface area contributed by atoms with Crippen molar-refractivity contribution in [1.82, 2.24) is 4.90 Å². The fraction of sp³-hybridized carbons (Fsp3) is 0.950. The van der Waals surface area contributed by atoms with E-state index in [1.54, 1.807) is 0 Å². The minimum atomic E-state index is -1.27. The fourth-order valence-electron chi connectivity index (χ4n) is 3.30. The van der Waals surface area contributed by atoms with Gasteiger partial charge < -0.3 is 13.9 Å². The standard InChI is InChI=1S/C20H39ClNO3P/c1-2-3-4-5-6-7-8-9-10-11-12-13-14-15-20(23)22-16-18-24-26(21)25-19-17-22/h2-19H2,1H3. The van der Waals surface area contributed by atoms with E-state index in [1.165, 1.54) is 70.6 Å². The van der Waals surface area contributed by atoms with Crippen LogP contribution in [0.1, 0.15) is 96.8 Å². The molecular weight excluding hydrogens is 369 g/mol. The second kappa shape index (κ2) is 17.2. The van der Waals surface area contributed by atoms with E-state index in [-0.39, 0.29) is 5.91 Å². The zero-order valence-corrected chi connectivity index (χ0v) is 18.4. The second-order valence-corrected chi connectivity index (χ2v) is 9.02. The van der Waals surface area contributed by atoms with Crippen LogP contribution in [0.3, 0.4) is 0 Å². The Labute approximate surface area is 167 Å². The molecule has 0 radical (unpaired) electrons. The molecule has 0 aromatic heterocycles. The van der Waals surface area contributed by atoms with E-state index < -0.39 is 7.73 Å². The van der Waals surface area contributed by atoms with Crippen LogP contribution in [-0.4, -0.2) is 37.1 Å². The van der Waals surface area contributed by atoms with Gasteiger partial charge in [-0.2, -0.15) is 0 Å². The number of hydrogen-bond donors (Lipinski definition) is 0. The van der Waals surface area contributed by atoms with Gasteiger partial charge in [-0.15, -0.1) is 0 Å². The van der Waals surface area contributed by atoms with Gasteiger partial charge in [0.1, 0.15) is 0 Å². The Kier molecular flexibility index (Phi) is 16.0. The van der Waals surface area contributed by atoms with Gasteiger partial charge in [-0.1, -0.05) is 84.0 Å². The summed E-state index contributed by atoms with van der Waals surface area (Å²) < 4.78 is 10.6. The highest BCUT2D eigenvalue weighted by Crippen LogP contribution is 2.43. The van der Waals surface area contributed by atoms with Gasteiger partial charge in [-0.3, -0.25) is 4.79 Å². The third kappa shape index (κ3) is 13.3. The first-order valence-corrected chi connectivity index (χ1v) is 12.8. The lowest BCUT2D eigenvalue weighted by Crippen LogP contribution is -2.37. The van der Waals surface area contributed by atoms with Crippen LogP contribution >= 0.6 is 19.0 Å². The summed E-state index contributed by atoms with van der Waals surface area (Å²) in [5, 5.41) is 0. The van der Waals surface area contributed by atoms with E-state index in [0.717, 1.165) is 12.8 Å². The molecule has 0 bridgehead atoms. The van der Waals surface area contributed by atoms with Gasteiger partial charge in [0.2, 0.25) is 5.91 Å². The lowest BCUT2D eigenvalue weighted by molar-refractivity contribution is -0.132. The molecule has 1 saturated heterocycles. The van der Waals surface area contributed by atoms with Crippen molar-refractivity contribution in [3.8, 4) is 0 Å². The van der Waals surface area contributed by atoms with Gasteiger partial charge >= 0.3 is 0 Å². The number of carbonyl (C=O) groups excluding carboxylic acids is 1. The fourth-order valence-corrected chi connectivity index (χ4v) is 4.24. The molecule has 0 aliphatic carbocycles. The number of halogens is 1. The van der Waals surface area contributed by atoms with E-state index in [2.05, 4.69) is 6.92 Å². The van der Waals surface area contributed by atoms with E-state index >= 15 is 0 Å². The molecular formula is C20H39ClNO3P. The highest BCUT2D eigenvalue weighted by Gasteiger charge is 2.18. The third-order valence-electron chi connectivity index (χ3n) is 4.95. The molecule has 6 heteroatoms. The Balaban J connectivity index is 1.87. The summed E-state index contributed by atoms with van der Waals surface area (Å²) in [5.41, 5.74) is 0. The van der Waals surface area contributed by atoms with Crippen LogP contribution in [0.5, 0.6) is 0 Å². The van der Waals surface area contributed by atoms with Gasteiger partial charge in [-0.05, 0) is 17.7 Å². The van der Waals surface area contributed by atoms with Gasteiger partial charge in [-0.25, -0.2) is 0 Å². The van der Waals surface area contributed by atoms with Crippen LogP contribution < -0.4 is 0 Å². The summed E-state index contributed by atoms with van der Waals surface area (Å²) in [4.78, 5) is 14.1. The molecule has 1 amide bonds. The predicted octanol–water partition coefficient (Wildman–Crippen LogP) is 6.81. The predicted molar refractivity (Wildman–Crippen MR) is 112 cm³/mol. The van der Waals surface area contributed by atoms with Crippen LogP contribution in [-0.2, 0) is 13.8 Å². The molecule has 0 aromatic rings. The summed E-state index contributed by atoms with van der Waals surface area (Å²) in [7, 11) is -1.27. The van der Waals surface area contributed by atoms with Gasteiger partial charge in [0.05, 0.1) is 13.2 Å². The van der Waals surface area contributed by atoms with Crippen molar-refractivity contribution in [3.63, 3.8) is 0 Å². The average molecular weight is 408 g/mol. The van der Waals surface area contributed by atoms with Crippen molar-refractivity contribution in [1.29, 1.82) is 0 Å². The van der Waals surface area contributed by atoms with Crippen LogP contribution in [0.4, 0.5) is 0 Å². The SMILES string of the molecule is CCCCCCCCCCCCCCCC(=O)N1CCOP(Cl)OCC1. The summed E-state index contributed by atoms with van der Waals surface area (Å²) in [6.45, 7) is 4.48. The molecule has 0 spiro atoms. The van der Waals surface area contributed by atoms with Crippen LogP contribution in [0.2, 0.25) is 0 Å². The van der Waals surface area contributed by atoms with Crippen molar-refractivity contribution in [2.75, 3.05) is 26.3 Å². The first-order chi connectivity index (χ1) is 12.7. The van der Waals surface area contributed by atoms with E-state index in [0.29, 0.717) is 32.7 Å². The number of nitrogens with zero attached hydrogens (tertiary/aromatic N) is 1. The Morgan fingerprint density at radius 2 is 1.23 bits per heavy atom. The molecule has 1 heterocycles. The van der Waals surface area contributed by atoms with E-state index in [1.807, 2.05) is 4.90 Å². The number of unbranched alkanes of at least 4 members (excludes halogenated alkanes) is 12. The molecule has 1 aliphatic rings. The Hall–Kier alpha value is 0.110.